The second-order valence-electron chi connectivity index (χ2n) is 36.6. The van der Waals surface area contributed by atoms with E-state index in [1.54, 1.807) is 143 Å². The van der Waals surface area contributed by atoms with Crippen molar-refractivity contribution in [3.05, 3.63) is 95.8 Å². The molecule has 0 unspecified atom stereocenters. The van der Waals surface area contributed by atoms with E-state index in [2.05, 4.69) is 84.5 Å². The highest BCUT2D eigenvalue weighted by Crippen LogP contribution is 2.33. The second-order valence-corrected chi connectivity index (χ2v) is 38.1. The Balaban J connectivity index is 1.35. The van der Waals surface area contributed by atoms with Crippen molar-refractivity contribution < 1.29 is 105 Å². The average Bonchev–Trinajstić information content (AvgIpc) is 1.40. The van der Waals surface area contributed by atoms with E-state index in [-0.39, 0.29) is 98.4 Å². The predicted molar refractivity (Wildman–Crippen MR) is 495 cm³/mol. The fraction of sp³-hybridized carbons (Fsp3) is 0.578. The first-order chi connectivity index (χ1) is 62.6. The molecule has 5 aromatic rings. The van der Waals surface area contributed by atoms with Crippen molar-refractivity contribution in [2.24, 2.45) is 24.0 Å². The number of aliphatic hydroxyl groups is 2. The zero-order chi connectivity index (χ0) is 100. The van der Waals surface area contributed by atoms with Crippen molar-refractivity contribution in [2.75, 3.05) is 43.0 Å². The summed E-state index contributed by atoms with van der Waals surface area (Å²) in [5, 5.41) is 69.8. The van der Waals surface area contributed by atoms with Gasteiger partial charge in [-0.25, -0.2) is 37.8 Å². The third kappa shape index (κ3) is 35.0. The number of rotatable bonds is 34. The Morgan fingerprint density at radius 2 is 1.10 bits per heavy atom. The maximum atomic E-state index is 15.1. The number of amides is 15. The number of carbonyl (C=O) groups excluding carboxylic acids is 15. The molecule has 0 aliphatic carbocycles. The van der Waals surface area contributed by atoms with E-state index in [9.17, 15) is 76.2 Å². The molecule has 0 bridgehead atoms. The molecule has 1 aliphatic heterocycles. The number of aromatic nitrogens is 4. The highest BCUT2D eigenvalue weighted by atomic mass is 32.2. The highest BCUT2D eigenvalue weighted by Gasteiger charge is 2.40. The molecule has 134 heavy (non-hydrogen) atoms. The Labute approximate surface area is 780 Å². The van der Waals surface area contributed by atoms with Crippen LogP contribution in [-0.4, -0.2) is 250 Å². The number of aryl methyl sites for hydroxylation is 3. The molecule has 18 N–H and O–H groups in total. The Kier molecular flexibility index (Phi) is 40.9. The van der Waals surface area contributed by atoms with Crippen LogP contribution in [0.5, 0.6) is 0 Å². The molecule has 13 atom stereocenters. The largest absolute Gasteiger partial charge is 0.444 e. The third-order valence-corrected chi connectivity index (χ3v) is 22.0. The van der Waals surface area contributed by atoms with Crippen molar-refractivity contribution >= 4 is 133 Å². The number of ether oxygens (including phenoxy) is 3. The molecule has 6 rings (SSSR count). The van der Waals surface area contributed by atoms with Gasteiger partial charge < -0.3 is 104 Å². The van der Waals surface area contributed by atoms with Crippen molar-refractivity contribution in [3.63, 3.8) is 0 Å². The zero-order valence-electron chi connectivity index (χ0n) is 79.9. The summed E-state index contributed by atoms with van der Waals surface area (Å²) in [7, 11) is -0.898. The van der Waals surface area contributed by atoms with Gasteiger partial charge in [0.15, 0.2) is 0 Å². The predicted octanol–water partition coefficient (Wildman–Crippen LogP) is 2.85. The SMILES string of the molecule is CCC[C@@H]1NC(=O)[C@@H](NC(=O)[C@H](CCC)NC(=O)[C@@H](NC(=O)[C@H](CCNC(=O)OC(C)(C)C)NC(=O)[C@@H](C)CC(=O)N(c2ccc(C)c(S(N)(=O)=O)c2)c2nccc(N(C)c3ccc4c(C)n(C)nc4c3)n2)[C@@H](C)O)CCNC(=O)[C@H]([C@@H](C)O)NC(=O)[C@H](CCNC(=O)OC(C)(C)C)NC(=O)[C@H](CCNC(=O)OC(C)(C)C)NC(=O)[C@H](CC(C)C)NC(=O)[C@@H](Cc2ccccc2)NC1=O. The number of primary sulfonamides is 1. The lowest BCUT2D eigenvalue weighted by Gasteiger charge is -2.29. The van der Waals surface area contributed by atoms with Crippen LogP contribution in [0.25, 0.3) is 10.9 Å². The van der Waals surface area contributed by atoms with E-state index in [4.69, 9.17) is 24.3 Å². The first-order valence-electron chi connectivity index (χ1n) is 44.7. The number of alkyl carbamates (subject to hydrolysis) is 3. The molecule has 3 heterocycles. The lowest BCUT2D eigenvalue weighted by Crippen LogP contribution is -2.62. The number of anilines is 4. The molecule has 2 aromatic heterocycles. The number of hydrogen-bond donors (Lipinski definition) is 17. The summed E-state index contributed by atoms with van der Waals surface area (Å²) in [6.45, 7) is 26.6. The summed E-state index contributed by atoms with van der Waals surface area (Å²) in [5.74, 6) is -14.1. The van der Waals surface area contributed by atoms with Gasteiger partial charge >= 0.3 is 18.3 Å². The lowest BCUT2D eigenvalue weighted by atomic mass is 10.00. The van der Waals surface area contributed by atoms with Crippen molar-refractivity contribution in [3.8, 4) is 0 Å². The Hall–Kier alpha value is -12.7. The van der Waals surface area contributed by atoms with E-state index >= 15 is 14.4 Å². The minimum atomic E-state index is -4.42. The summed E-state index contributed by atoms with van der Waals surface area (Å²) in [6.07, 6.45) is -7.73. The van der Waals surface area contributed by atoms with E-state index in [1.165, 1.54) is 32.2 Å². The standard InChI is InChI=1S/C90H135N21O22S/c1-21-26-59-75(117)104-67(46-55-28-24-23-25-29-55)81(123)103-66(44-49(3)4)80(122)101-62(35-40-94-85(126)131-88(10,11)12)77(119)100-64(37-42-96-87(128)133-90(16,17)18)79(121)106-71(53(8)112)82(124)92-39-34-61(76(118)98-59)99-74(116)60(27-22-2)102-83(125)72(54(9)113)107-78(120)63(36-41-95-86(127)132-89(13,14)15)97-73(115)51(6)45-70(114)111(57-31-30-50(5)68(48-57)134(91,129)130)84-93-43-38-69(105-84)109(19)56-32-33-58-52(7)110(20)108-65(58)47-56/h23-25,28-33,38,43,47-49,51,53-54,59-64,66-67,71-72,112-113H,21-22,26-27,34-37,39-42,44-46H2,1-20H3,(H,92,124)(H,94,126)(H,95,127)(H,96,128)(H,97,115)(H,98,118)(H,99,116)(H,100,119)(H,101,122)(H,102,125)(H,103,123)(H,104,117)(H,106,121)(H,107,120)(H2,91,129,130)/t51-,53+,54+,59-,60-,61-,62-,63-,64-,66-,67+,71-,72-/m0/s1. The van der Waals surface area contributed by atoms with Gasteiger partial charge in [-0.3, -0.25) is 62.2 Å². The minimum absolute atomic E-state index is 0.0769. The maximum absolute atomic E-state index is 15.1. The van der Waals surface area contributed by atoms with Crippen molar-refractivity contribution in [1.29, 1.82) is 0 Å². The van der Waals surface area contributed by atoms with Crippen LogP contribution in [0.2, 0.25) is 0 Å². The number of nitrogens with zero attached hydrogens (tertiary/aromatic N) is 6. The van der Waals surface area contributed by atoms with Gasteiger partial charge in [0, 0.05) is 82.0 Å². The van der Waals surface area contributed by atoms with Gasteiger partial charge in [0.2, 0.25) is 86.9 Å². The normalized spacial score (nSPS) is 19.1. The van der Waals surface area contributed by atoms with Gasteiger partial charge in [-0.15, -0.1) is 0 Å². The lowest BCUT2D eigenvalue weighted by molar-refractivity contribution is -0.137. The zero-order valence-corrected chi connectivity index (χ0v) is 80.7. The van der Waals surface area contributed by atoms with Gasteiger partial charge in [0.1, 0.15) is 83.0 Å². The number of hydrogen-bond acceptors (Lipinski definition) is 26. The number of benzene rings is 3. The molecule has 1 saturated heterocycles. The number of nitrogens with two attached hydrogens (primary N) is 1. The fourth-order valence-corrected chi connectivity index (χ4v) is 14.8. The molecule has 3 aromatic carbocycles. The van der Waals surface area contributed by atoms with Crippen LogP contribution in [0.3, 0.4) is 0 Å². The molecule has 44 heteroatoms. The smallest absolute Gasteiger partial charge is 0.407 e. The summed E-state index contributed by atoms with van der Waals surface area (Å²) < 4.78 is 43.9. The number of nitrogens with one attached hydrogen (secondary N) is 14. The van der Waals surface area contributed by atoms with E-state index in [0.29, 0.717) is 16.8 Å². The van der Waals surface area contributed by atoms with Crippen LogP contribution in [-0.2, 0) is 95.2 Å². The van der Waals surface area contributed by atoms with Crippen molar-refractivity contribution in [2.45, 2.75) is 290 Å². The van der Waals surface area contributed by atoms with E-state index in [0.717, 1.165) is 35.9 Å². The molecule has 738 valence electrons. The summed E-state index contributed by atoms with van der Waals surface area (Å²) in [6, 6.07) is 2.66. The van der Waals surface area contributed by atoms with Crippen LogP contribution in [0.15, 0.2) is 83.9 Å². The van der Waals surface area contributed by atoms with Crippen LogP contribution >= 0.6 is 0 Å². The van der Waals surface area contributed by atoms with Crippen molar-refractivity contribution in [1.82, 2.24) is 94.2 Å². The molecule has 43 nitrogen and oxygen atoms in total. The molecule has 0 spiro atoms. The Morgan fingerprint density at radius 1 is 0.590 bits per heavy atom. The highest BCUT2D eigenvalue weighted by molar-refractivity contribution is 7.89. The quantitative estimate of drug-likeness (QED) is 0.0263. The number of carbonyl (C=O) groups is 15. The molecule has 15 amide bonds. The van der Waals surface area contributed by atoms with E-state index < -0.39 is 227 Å². The third-order valence-electron chi connectivity index (χ3n) is 21.0. The summed E-state index contributed by atoms with van der Waals surface area (Å²) >= 11 is 0. The van der Waals surface area contributed by atoms with Gasteiger partial charge in [0.05, 0.1) is 28.3 Å². The van der Waals surface area contributed by atoms with Crippen LogP contribution < -0.4 is 89.4 Å². The Bertz CT molecular complexity index is 5090. The fourth-order valence-electron chi connectivity index (χ4n) is 14.0. The van der Waals surface area contributed by atoms with Crippen LogP contribution in [0, 0.1) is 25.7 Å². The molecule has 1 aliphatic rings. The Morgan fingerprint density at radius 3 is 1.65 bits per heavy atom. The minimum Gasteiger partial charge on any atom is -0.444 e. The maximum Gasteiger partial charge on any atom is 0.407 e. The number of sulfonamides is 1. The first kappa shape index (κ1) is 110. The van der Waals surface area contributed by atoms with Gasteiger partial charge in [-0.05, 0) is 188 Å². The molecular formula is C90H135N21O22S. The average molecular weight is 1900 g/mol. The van der Waals surface area contributed by atoms with Crippen LogP contribution in [0.4, 0.5) is 37.5 Å². The molecular weight excluding hydrogens is 1760 g/mol. The first-order valence-corrected chi connectivity index (χ1v) is 46.2. The van der Waals surface area contributed by atoms with E-state index in [1.807, 2.05) is 32.2 Å². The van der Waals surface area contributed by atoms with Gasteiger partial charge in [-0.1, -0.05) is 83.9 Å². The van der Waals surface area contributed by atoms with Gasteiger partial charge in [0.25, 0.3) is 0 Å². The summed E-state index contributed by atoms with van der Waals surface area (Å²) in [5.41, 5.74) is -0.0300. The molecule has 0 radical (unpaired) electrons. The monoisotopic (exact) mass is 1890 g/mol. The summed E-state index contributed by atoms with van der Waals surface area (Å²) in [4.78, 5) is 229. The van der Waals surface area contributed by atoms with Gasteiger partial charge in [-0.2, -0.15) is 10.1 Å². The molecule has 1 fully saturated rings. The number of aliphatic hydroxyl groups excluding tert-OH is 2. The second kappa shape index (κ2) is 49.9. The molecule has 0 saturated carbocycles. The van der Waals surface area contributed by atoms with Crippen LogP contribution in [0.1, 0.15) is 192 Å². The topological polar surface area (TPSA) is 603 Å². The number of fused-ring (bicyclic) bond motifs is 1.